The van der Waals surface area contributed by atoms with Gasteiger partial charge in [0, 0.05) is 6.20 Å². The third kappa shape index (κ3) is 4.87. The fourth-order valence-corrected chi connectivity index (χ4v) is 4.43. The highest BCUT2D eigenvalue weighted by Crippen LogP contribution is 2.61. The number of ether oxygens (including phenoxy) is 1. The van der Waals surface area contributed by atoms with Crippen LogP contribution in [0.1, 0.15) is 10.4 Å². The molecule has 0 amide bonds. The van der Waals surface area contributed by atoms with Crippen LogP contribution in [-0.4, -0.2) is 87.7 Å². The molecular weight excluding hydrogens is 486 g/mol. The Balaban J connectivity index is 2.54. The van der Waals surface area contributed by atoms with E-state index in [-0.39, 0.29) is 21.1 Å². The summed E-state index contributed by atoms with van der Waals surface area (Å²) in [5, 5.41) is 16.5. The van der Waals surface area contributed by atoms with Crippen LogP contribution in [0.2, 0.25) is 0 Å². The number of H-pyrrole nitrogens is 1. The van der Waals surface area contributed by atoms with Crippen LogP contribution >= 0.6 is 27.9 Å². The van der Waals surface area contributed by atoms with Gasteiger partial charge in [-0.25, -0.2) is 18.3 Å². The van der Waals surface area contributed by atoms with E-state index in [1.54, 1.807) is 0 Å². The normalized spacial score (nSPS) is 31.3. The summed E-state index contributed by atoms with van der Waals surface area (Å²) in [6.45, 7) is 0. The van der Waals surface area contributed by atoms with E-state index in [2.05, 4.69) is 13.6 Å². The Hall–Kier alpha value is -0.965. The van der Waals surface area contributed by atoms with Crippen molar-refractivity contribution in [1.82, 2.24) is 9.55 Å². The standard InChI is InChI=1S/C10H10B3FN2O12P2S/c11-9(16-1-3(2-17)6(31)15-7(16)20)5(19)4(18)8(14,26-9)10(12,13)27-30(24,25)28-29(21,22)23/h1-2,4-5,18-19H,(H,24,25)(H,15,20,31)(H2,21,22,23)/t4-,5+,8-,9-/m0/s1. The SMILES string of the molecule is [B]C([B])(OP(=O)(O)OP(=O)(O)O)[C@@]1(F)O[C@@]([B])(n2cc(C=O)c(=S)[nH]c2=O)[C@H](O)[C@@H]1O. The van der Waals surface area contributed by atoms with Crippen LogP contribution in [-0.2, 0) is 28.3 Å². The topological polar surface area (TPSA) is 218 Å². The van der Waals surface area contributed by atoms with Crippen LogP contribution in [0.5, 0.6) is 0 Å². The Morgan fingerprint density at radius 3 is 2.35 bits per heavy atom. The van der Waals surface area contributed by atoms with E-state index < -0.39 is 50.4 Å². The van der Waals surface area contributed by atoms with Gasteiger partial charge in [0.05, 0.1) is 11.0 Å². The van der Waals surface area contributed by atoms with Crippen molar-refractivity contribution in [1.29, 1.82) is 0 Å². The molecule has 0 saturated carbocycles. The number of hydrogen-bond donors (Lipinski definition) is 6. The van der Waals surface area contributed by atoms with Gasteiger partial charge >= 0.3 is 21.3 Å². The Morgan fingerprint density at radius 1 is 1.32 bits per heavy atom. The third-order valence-corrected chi connectivity index (χ3v) is 6.44. The van der Waals surface area contributed by atoms with Crippen molar-refractivity contribution < 1.29 is 56.8 Å². The van der Waals surface area contributed by atoms with Crippen molar-refractivity contribution in [3.8, 4) is 0 Å². The van der Waals surface area contributed by atoms with Crippen LogP contribution < -0.4 is 5.69 Å². The van der Waals surface area contributed by atoms with Crippen molar-refractivity contribution in [2.24, 2.45) is 0 Å². The van der Waals surface area contributed by atoms with Crippen molar-refractivity contribution in [2.75, 3.05) is 0 Å². The molecule has 21 heteroatoms. The summed E-state index contributed by atoms with van der Waals surface area (Å²) in [6, 6.07) is 0. The van der Waals surface area contributed by atoms with Gasteiger partial charge in [-0.15, -0.1) is 0 Å². The minimum absolute atomic E-state index is 0.152. The lowest BCUT2D eigenvalue weighted by Crippen LogP contribution is -2.60. The molecule has 0 bridgehead atoms. The molecule has 1 aromatic heterocycles. The summed E-state index contributed by atoms with van der Waals surface area (Å²) < 4.78 is 49.8. The molecule has 0 spiro atoms. The van der Waals surface area contributed by atoms with E-state index in [1.165, 1.54) is 0 Å². The van der Waals surface area contributed by atoms with Gasteiger partial charge < -0.3 is 29.6 Å². The monoisotopic (exact) mass is 496 g/mol. The Kier molecular flexibility index (Phi) is 6.88. The number of phosphoric ester groups is 1. The van der Waals surface area contributed by atoms with Crippen LogP contribution in [0.4, 0.5) is 4.39 Å². The molecule has 31 heavy (non-hydrogen) atoms. The second kappa shape index (κ2) is 8.11. The predicted molar refractivity (Wildman–Crippen MR) is 100 cm³/mol. The Bertz CT molecular complexity index is 1110. The summed E-state index contributed by atoms with van der Waals surface area (Å²) in [6.07, 6.45) is -4.73. The van der Waals surface area contributed by atoms with Gasteiger partial charge in [0.15, 0.2) is 6.29 Å². The van der Waals surface area contributed by atoms with E-state index in [1.807, 2.05) is 4.98 Å². The molecule has 0 aliphatic carbocycles. The summed E-state index contributed by atoms with van der Waals surface area (Å²) >= 11 is 4.71. The number of aliphatic hydroxyl groups excluding tert-OH is 2. The molecule has 1 aliphatic rings. The van der Waals surface area contributed by atoms with E-state index in [4.69, 9.17) is 45.5 Å². The van der Waals surface area contributed by atoms with E-state index in [0.717, 1.165) is 0 Å². The number of carbonyl (C=O) groups is 1. The summed E-state index contributed by atoms with van der Waals surface area (Å²) in [7, 11) is 4.54. The molecular formula is C10H10B3FN2O12P2S. The molecule has 1 saturated heterocycles. The summed E-state index contributed by atoms with van der Waals surface area (Å²) in [5.74, 6) is -4.12. The molecule has 1 aromatic rings. The number of phosphoric acid groups is 2. The van der Waals surface area contributed by atoms with Gasteiger partial charge in [0.2, 0.25) is 0 Å². The number of aldehydes is 1. The zero-order valence-corrected chi connectivity index (χ0v) is 17.4. The zero-order valence-electron chi connectivity index (χ0n) is 14.8. The Labute approximate surface area is 180 Å². The van der Waals surface area contributed by atoms with Gasteiger partial charge in [0.25, 0.3) is 5.85 Å². The van der Waals surface area contributed by atoms with E-state index in [0.29, 0.717) is 6.20 Å². The van der Waals surface area contributed by atoms with Gasteiger partial charge in [-0.2, -0.15) is 4.31 Å². The molecule has 6 radical (unpaired) electrons. The summed E-state index contributed by atoms with van der Waals surface area (Å²) in [4.78, 5) is 51.7. The van der Waals surface area contributed by atoms with Gasteiger partial charge in [-0.1, -0.05) is 12.2 Å². The van der Waals surface area contributed by atoms with E-state index in [9.17, 15) is 33.8 Å². The minimum Gasteiger partial charge on any atom is -0.386 e. The highest BCUT2D eigenvalue weighted by Gasteiger charge is 2.68. The maximum atomic E-state index is 15.5. The first-order valence-corrected chi connectivity index (χ1v) is 11.0. The highest BCUT2D eigenvalue weighted by molar-refractivity contribution is 7.71. The average Bonchev–Trinajstić information content (AvgIpc) is 2.74. The third-order valence-electron chi connectivity index (χ3n) is 3.90. The molecule has 2 heterocycles. The predicted octanol–water partition coefficient (Wildman–Crippen LogP) is -2.87. The largest absolute Gasteiger partial charge is 0.480 e. The number of nitrogens with one attached hydrogen (secondary N) is 1. The quantitative estimate of drug-likeness (QED) is 0.0971. The van der Waals surface area contributed by atoms with Crippen LogP contribution in [0.3, 0.4) is 0 Å². The van der Waals surface area contributed by atoms with Gasteiger partial charge in [0.1, 0.15) is 46.0 Å². The number of aromatic nitrogens is 2. The fourth-order valence-electron chi connectivity index (χ4n) is 2.52. The molecule has 5 atom stereocenters. The average molecular weight is 496 g/mol. The number of alkyl halides is 1. The first kappa shape index (κ1) is 26.3. The molecule has 1 aliphatic heterocycles. The molecule has 2 rings (SSSR count). The molecule has 14 nitrogen and oxygen atoms in total. The molecule has 164 valence electrons. The number of nitrogens with zero attached hydrogens (tertiary/aromatic N) is 1. The highest BCUT2D eigenvalue weighted by atomic mass is 32.1. The van der Waals surface area contributed by atoms with Crippen LogP contribution in [0, 0.1) is 4.64 Å². The van der Waals surface area contributed by atoms with Crippen molar-refractivity contribution in [3.63, 3.8) is 0 Å². The van der Waals surface area contributed by atoms with Gasteiger partial charge in [-0.05, 0) is 0 Å². The first-order valence-electron chi connectivity index (χ1n) is 7.53. The second-order valence-electron chi connectivity index (χ2n) is 6.15. The zero-order chi connectivity index (χ0) is 24.2. The lowest BCUT2D eigenvalue weighted by atomic mass is 9.59. The molecule has 0 aromatic carbocycles. The van der Waals surface area contributed by atoms with E-state index >= 15 is 4.39 Å². The van der Waals surface area contributed by atoms with Gasteiger partial charge in [-0.3, -0.25) is 18.9 Å². The summed E-state index contributed by atoms with van der Waals surface area (Å²) in [5.41, 5.74) is -4.73. The molecule has 1 fully saturated rings. The number of carbonyl (C=O) groups excluding carboxylic acids is 1. The number of aliphatic hydroxyl groups is 2. The van der Waals surface area contributed by atoms with Crippen molar-refractivity contribution in [2.45, 2.75) is 29.1 Å². The number of aromatic amines is 1. The van der Waals surface area contributed by atoms with Crippen LogP contribution in [0.25, 0.3) is 0 Å². The number of halogens is 1. The van der Waals surface area contributed by atoms with Crippen molar-refractivity contribution >= 4 is 57.7 Å². The molecule has 1 unspecified atom stereocenters. The number of rotatable bonds is 7. The number of hydrogen-bond acceptors (Lipinski definition) is 10. The minimum atomic E-state index is -5.92. The van der Waals surface area contributed by atoms with Crippen LogP contribution in [0.15, 0.2) is 11.0 Å². The second-order valence-corrected chi connectivity index (χ2v) is 9.31. The smallest absolute Gasteiger partial charge is 0.386 e. The van der Waals surface area contributed by atoms with Crippen molar-refractivity contribution in [3.05, 3.63) is 26.9 Å². The maximum Gasteiger partial charge on any atom is 0.480 e. The first-order chi connectivity index (χ1) is 13.8. The molecule has 6 N–H and O–H groups in total. The Morgan fingerprint density at radius 2 is 1.87 bits per heavy atom. The maximum absolute atomic E-state index is 15.5. The lowest BCUT2D eigenvalue weighted by Gasteiger charge is -2.41. The lowest BCUT2D eigenvalue weighted by molar-refractivity contribution is -0.239. The fraction of sp³-hybridized carbons (Fsp3) is 0.500.